The number of ether oxygens (including phenoxy) is 1. The minimum Gasteiger partial charge on any atom is -0.480 e. The maximum Gasteiger partial charge on any atom is 0.233 e. The van der Waals surface area contributed by atoms with E-state index in [4.69, 9.17) is 16.3 Å². The second-order valence-corrected chi connectivity index (χ2v) is 4.04. The van der Waals surface area contributed by atoms with Gasteiger partial charge in [-0.3, -0.25) is 4.79 Å². The van der Waals surface area contributed by atoms with Gasteiger partial charge in [-0.1, -0.05) is 11.6 Å². The zero-order chi connectivity index (χ0) is 12.1. The molecule has 0 saturated heterocycles. The van der Waals surface area contributed by atoms with E-state index >= 15 is 0 Å². The van der Waals surface area contributed by atoms with Crippen molar-refractivity contribution in [3.05, 3.63) is 22.8 Å². The molecule has 0 aliphatic carbocycles. The first kappa shape index (κ1) is 12.9. The summed E-state index contributed by atoms with van der Waals surface area (Å²) in [6, 6.07) is 1.61. The summed E-state index contributed by atoms with van der Waals surface area (Å²) in [6.07, 6.45) is 1.95. The van der Waals surface area contributed by atoms with Crippen LogP contribution in [0.3, 0.4) is 0 Å². The molecular formula is C11H15ClN2O2. The van der Waals surface area contributed by atoms with Gasteiger partial charge in [0, 0.05) is 24.7 Å². The number of nitrogens with zero attached hydrogens (tertiary/aromatic N) is 2. The highest BCUT2D eigenvalue weighted by Crippen LogP contribution is 2.26. The molecule has 88 valence electrons. The number of aromatic nitrogens is 1. The molecule has 4 nitrogen and oxygen atoms in total. The lowest BCUT2D eigenvalue weighted by Crippen LogP contribution is -2.17. The molecule has 1 aromatic rings. The number of hydrogen-bond donors (Lipinski definition) is 0. The lowest BCUT2D eigenvalue weighted by Gasteiger charge is -2.10. The molecule has 0 bridgehead atoms. The van der Waals surface area contributed by atoms with Gasteiger partial charge < -0.3 is 9.64 Å². The van der Waals surface area contributed by atoms with Gasteiger partial charge in [0.05, 0.1) is 7.11 Å². The Kier molecular flexibility index (Phi) is 4.71. The van der Waals surface area contributed by atoms with Gasteiger partial charge in [0.1, 0.15) is 5.02 Å². The van der Waals surface area contributed by atoms with Gasteiger partial charge in [-0.05, 0) is 20.2 Å². The van der Waals surface area contributed by atoms with Crippen molar-refractivity contribution in [3.63, 3.8) is 0 Å². The standard InChI is InChI=1S/C11H15ClN2O2/c1-14(2)7-5-9(15)8-4-6-13-11(16-3)10(8)12/h4,6H,5,7H2,1-3H3. The van der Waals surface area contributed by atoms with E-state index in [1.165, 1.54) is 13.3 Å². The Bertz CT molecular complexity index is 380. The molecule has 0 aliphatic rings. The number of methoxy groups -OCH3 is 1. The Morgan fingerprint density at radius 1 is 1.56 bits per heavy atom. The molecule has 0 aromatic carbocycles. The molecule has 5 heteroatoms. The fourth-order valence-corrected chi connectivity index (χ4v) is 1.54. The van der Waals surface area contributed by atoms with Crippen LogP contribution < -0.4 is 4.74 Å². The summed E-state index contributed by atoms with van der Waals surface area (Å²) in [7, 11) is 5.31. The quantitative estimate of drug-likeness (QED) is 0.740. The van der Waals surface area contributed by atoms with Crippen molar-refractivity contribution in [1.82, 2.24) is 9.88 Å². The van der Waals surface area contributed by atoms with E-state index in [0.717, 1.165) is 0 Å². The minimum absolute atomic E-state index is 0.000556. The summed E-state index contributed by atoms with van der Waals surface area (Å²) >= 11 is 6.00. The second-order valence-electron chi connectivity index (χ2n) is 3.66. The number of carbonyl (C=O) groups excluding carboxylic acids is 1. The van der Waals surface area contributed by atoms with Crippen LogP contribution in [0, 0.1) is 0 Å². The van der Waals surface area contributed by atoms with Crippen molar-refractivity contribution < 1.29 is 9.53 Å². The summed E-state index contributed by atoms with van der Waals surface area (Å²) in [5.41, 5.74) is 0.468. The SMILES string of the molecule is COc1nccc(C(=O)CCN(C)C)c1Cl. The van der Waals surface area contributed by atoms with E-state index in [1.54, 1.807) is 6.07 Å². The summed E-state index contributed by atoms with van der Waals surface area (Å²) in [5.74, 6) is 0.289. The van der Waals surface area contributed by atoms with E-state index in [9.17, 15) is 4.79 Å². The maximum absolute atomic E-state index is 11.8. The Hall–Kier alpha value is -1.13. The van der Waals surface area contributed by atoms with Crippen LogP contribution in [0.2, 0.25) is 5.02 Å². The normalized spacial score (nSPS) is 10.6. The molecule has 0 spiro atoms. The Morgan fingerprint density at radius 3 is 2.81 bits per heavy atom. The summed E-state index contributed by atoms with van der Waals surface area (Å²) in [6.45, 7) is 0.694. The van der Waals surface area contributed by atoms with Gasteiger partial charge in [-0.25, -0.2) is 4.98 Å². The minimum atomic E-state index is -0.000556. The third-order valence-electron chi connectivity index (χ3n) is 2.14. The van der Waals surface area contributed by atoms with Crippen LogP contribution in [0.4, 0.5) is 0 Å². The molecule has 0 amide bonds. The fourth-order valence-electron chi connectivity index (χ4n) is 1.24. The molecule has 1 aromatic heterocycles. The second kappa shape index (κ2) is 5.82. The number of halogens is 1. The number of rotatable bonds is 5. The van der Waals surface area contributed by atoms with Crippen molar-refractivity contribution in [1.29, 1.82) is 0 Å². The maximum atomic E-state index is 11.8. The van der Waals surface area contributed by atoms with Gasteiger partial charge in [-0.2, -0.15) is 0 Å². The van der Waals surface area contributed by atoms with E-state index in [0.29, 0.717) is 18.5 Å². The van der Waals surface area contributed by atoms with Crippen LogP contribution in [-0.2, 0) is 0 Å². The molecular weight excluding hydrogens is 228 g/mol. The van der Waals surface area contributed by atoms with Crippen molar-refractivity contribution in [3.8, 4) is 5.88 Å². The van der Waals surface area contributed by atoms with Crippen LogP contribution in [0.15, 0.2) is 12.3 Å². The molecule has 0 unspecified atom stereocenters. The lowest BCUT2D eigenvalue weighted by molar-refractivity contribution is 0.0972. The molecule has 0 saturated carbocycles. The molecule has 1 rings (SSSR count). The Labute approximate surface area is 100 Å². The first-order valence-corrected chi connectivity index (χ1v) is 5.30. The van der Waals surface area contributed by atoms with E-state index < -0.39 is 0 Å². The van der Waals surface area contributed by atoms with Crippen molar-refractivity contribution in [2.75, 3.05) is 27.7 Å². The number of hydrogen-bond acceptors (Lipinski definition) is 4. The van der Waals surface area contributed by atoms with Crippen LogP contribution in [0.25, 0.3) is 0 Å². The predicted molar refractivity (Wildman–Crippen MR) is 63.3 cm³/mol. The lowest BCUT2D eigenvalue weighted by atomic mass is 10.1. The third kappa shape index (κ3) is 3.18. The zero-order valence-corrected chi connectivity index (χ0v) is 10.4. The topological polar surface area (TPSA) is 42.4 Å². The zero-order valence-electron chi connectivity index (χ0n) is 9.66. The first-order valence-electron chi connectivity index (χ1n) is 4.92. The summed E-state index contributed by atoms with van der Waals surface area (Å²) in [5, 5.41) is 0.286. The highest BCUT2D eigenvalue weighted by molar-refractivity contribution is 6.35. The monoisotopic (exact) mass is 242 g/mol. The van der Waals surface area contributed by atoms with Crippen LogP contribution >= 0.6 is 11.6 Å². The van der Waals surface area contributed by atoms with Crippen molar-refractivity contribution in [2.45, 2.75) is 6.42 Å². The first-order chi connectivity index (χ1) is 7.56. The highest BCUT2D eigenvalue weighted by Gasteiger charge is 2.14. The average molecular weight is 243 g/mol. The smallest absolute Gasteiger partial charge is 0.233 e. The number of carbonyl (C=O) groups is 1. The van der Waals surface area contributed by atoms with Crippen LogP contribution in [0.5, 0.6) is 5.88 Å². The van der Waals surface area contributed by atoms with E-state index in [1.807, 2.05) is 19.0 Å². The van der Waals surface area contributed by atoms with Gasteiger partial charge in [0.25, 0.3) is 0 Å². The van der Waals surface area contributed by atoms with Crippen LogP contribution in [-0.4, -0.2) is 43.4 Å². The Morgan fingerprint density at radius 2 is 2.25 bits per heavy atom. The van der Waals surface area contributed by atoms with Gasteiger partial charge in [0.2, 0.25) is 5.88 Å². The molecule has 1 heterocycles. The fraction of sp³-hybridized carbons (Fsp3) is 0.455. The molecule has 0 N–H and O–H groups in total. The van der Waals surface area contributed by atoms with Gasteiger partial charge >= 0.3 is 0 Å². The number of pyridine rings is 1. The molecule has 0 atom stereocenters. The summed E-state index contributed by atoms with van der Waals surface area (Å²) < 4.78 is 4.96. The molecule has 0 radical (unpaired) electrons. The average Bonchev–Trinajstić information content (AvgIpc) is 2.26. The van der Waals surface area contributed by atoms with E-state index in [-0.39, 0.29) is 16.7 Å². The molecule has 16 heavy (non-hydrogen) atoms. The summed E-state index contributed by atoms with van der Waals surface area (Å²) in [4.78, 5) is 17.7. The Balaban J connectivity index is 2.83. The largest absolute Gasteiger partial charge is 0.480 e. The van der Waals surface area contributed by atoms with E-state index in [2.05, 4.69) is 4.98 Å². The number of Topliss-reactive ketones (excluding diaryl/α,β-unsaturated/α-hetero) is 1. The molecule has 0 fully saturated rings. The third-order valence-corrected chi connectivity index (χ3v) is 2.50. The van der Waals surface area contributed by atoms with Crippen molar-refractivity contribution in [2.24, 2.45) is 0 Å². The highest BCUT2D eigenvalue weighted by atomic mass is 35.5. The number of ketones is 1. The van der Waals surface area contributed by atoms with Crippen LogP contribution in [0.1, 0.15) is 16.8 Å². The van der Waals surface area contributed by atoms with Gasteiger partial charge in [-0.15, -0.1) is 0 Å². The predicted octanol–water partition coefficient (Wildman–Crippen LogP) is 1.88. The van der Waals surface area contributed by atoms with Crippen molar-refractivity contribution >= 4 is 17.4 Å². The van der Waals surface area contributed by atoms with Gasteiger partial charge in [0.15, 0.2) is 5.78 Å². The molecule has 0 aliphatic heterocycles.